The van der Waals surface area contributed by atoms with Crippen LogP contribution < -0.4 is 5.32 Å². The molecule has 4 heteroatoms. The minimum Gasteiger partial charge on any atom is -0.332 e. The molecule has 1 aromatic carbocycles. The average molecular weight is 253 g/mol. The number of nitrogens with zero attached hydrogens (tertiary/aromatic N) is 1. The summed E-state index contributed by atoms with van der Waals surface area (Å²) in [7, 11) is 0. The molecule has 1 N–H and O–H groups in total. The van der Waals surface area contributed by atoms with E-state index in [4.69, 9.17) is 11.6 Å². The molecule has 2 aromatic rings. The molecule has 1 heterocycles. The molecule has 0 saturated heterocycles. The van der Waals surface area contributed by atoms with Crippen molar-refractivity contribution in [2.75, 3.05) is 5.32 Å². The van der Waals surface area contributed by atoms with Gasteiger partial charge in [0.2, 0.25) is 0 Å². The lowest BCUT2D eigenvalue weighted by molar-refractivity contribution is 1.22. The fraction of sp³-hybridized carbons (Fsp3) is 0.250. The second kappa shape index (κ2) is 4.85. The van der Waals surface area contributed by atoms with Crippen LogP contribution in [-0.2, 0) is 5.88 Å². The fourth-order valence-corrected chi connectivity index (χ4v) is 2.55. The Morgan fingerprint density at radius 2 is 1.94 bits per heavy atom. The Bertz CT molecular complexity index is 473. The van der Waals surface area contributed by atoms with Gasteiger partial charge in [0, 0.05) is 11.1 Å². The highest BCUT2D eigenvalue weighted by atomic mass is 35.5. The summed E-state index contributed by atoms with van der Waals surface area (Å²) in [6.45, 7) is 4.18. The second-order valence-electron chi connectivity index (χ2n) is 3.78. The SMILES string of the molecule is Cc1cc(C)cc(Nc2nc(CCl)cs2)c1. The summed E-state index contributed by atoms with van der Waals surface area (Å²) in [6, 6.07) is 6.36. The van der Waals surface area contributed by atoms with Crippen LogP contribution in [0.2, 0.25) is 0 Å². The highest BCUT2D eigenvalue weighted by Crippen LogP contribution is 2.23. The van der Waals surface area contributed by atoms with Crippen LogP contribution >= 0.6 is 22.9 Å². The van der Waals surface area contributed by atoms with Gasteiger partial charge in [0.15, 0.2) is 5.13 Å². The molecule has 0 radical (unpaired) electrons. The maximum absolute atomic E-state index is 5.71. The zero-order valence-corrected chi connectivity index (χ0v) is 10.8. The van der Waals surface area contributed by atoms with Gasteiger partial charge >= 0.3 is 0 Å². The van der Waals surface area contributed by atoms with Crippen LogP contribution in [0.15, 0.2) is 23.6 Å². The first-order valence-corrected chi connectivity index (χ1v) is 6.44. The maximum Gasteiger partial charge on any atom is 0.187 e. The van der Waals surface area contributed by atoms with Crippen molar-refractivity contribution in [3.8, 4) is 0 Å². The molecule has 0 spiro atoms. The third-order valence-electron chi connectivity index (χ3n) is 2.16. The highest BCUT2D eigenvalue weighted by molar-refractivity contribution is 7.13. The number of hydrogen-bond donors (Lipinski definition) is 1. The summed E-state index contributed by atoms with van der Waals surface area (Å²) in [5.41, 5.74) is 4.49. The Labute approximate surface area is 104 Å². The normalized spacial score (nSPS) is 10.4. The lowest BCUT2D eigenvalue weighted by Gasteiger charge is -2.05. The number of benzene rings is 1. The van der Waals surface area contributed by atoms with Crippen LogP contribution in [0.3, 0.4) is 0 Å². The summed E-state index contributed by atoms with van der Waals surface area (Å²) in [6.07, 6.45) is 0. The monoisotopic (exact) mass is 252 g/mol. The van der Waals surface area contributed by atoms with Crippen molar-refractivity contribution in [3.63, 3.8) is 0 Å². The molecule has 84 valence electrons. The van der Waals surface area contributed by atoms with Crippen LogP contribution in [-0.4, -0.2) is 4.98 Å². The topological polar surface area (TPSA) is 24.9 Å². The maximum atomic E-state index is 5.71. The van der Waals surface area contributed by atoms with Gasteiger partial charge in [0.25, 0.3) is 0 Å². The van der Waals surface area contributed by atoms with E-state index in [1.807, 2.05) is 5.38 Å². The summed E-state index contributed by atoms with van der Waals surface area (Å²) in [5.74, 6) is 0.463. The van der Waals surface area contributed by atoms with Gasteiger partial charge in [-0.1, -0.05) is 6.07 Å². The molecule has 0 amide bonds. The van der Waals surface area contributed by atoms with Gasteiger partial charge in [-0.3, -0.25) is 0 Å². The molecule has 0 aliphatic rings. The Kier molecular flexibility index (Phi) is 3.46. The molecule has 0 saturated carbocycles. The van der Waals surface area contributed by atoms with Crippen LogP contribution in [0, 0.1) is 13.8 Å². The minimum atomic E-state index is 0.463. The number of rotatable bonds is 3. The van der Waals surface area contributed by atoms with E-state index < -0.39 is 0 Å². The number of anilines is 2. The van der Waals surface area contributed by atoms with E-state index in [2.05, 4.69) is 42.3 Å². The molecule has 0 bridgehead atoms. The standard InChI is InChI=1S/C12H13ClN2S/c1-8-3-9(2)5-10(4-8)14-12-15-11(6-13)7-16-12/h3-5,7H,6H2,1-2H3,(H,14,15). The zero-order chi connectivity index (χ0) is 11.5. The van der Waals surface area contributed by atoms with Crippen LogP contribution in [0.4, 0.5) is 10.8 Å². The van der Waals surface area contributed by atoms with Gasteiger partial charge in [-0.25, -0.2) is 4.98 Å². The second-order valence-corrected chi connectivity index (χ2v) is 4.90. The largest absolute Gasteiger partial charge is 0.332 e. The molecular weight excluding hydrogens is 240 g/mol. The van der Waals surface area contributed by atoms with Crippen molar-refractivity contribution >= 4 is 33.8 Å². The predicted molar refractivity (Wildman–Crippen MR) is 70.9 cm³/mol. The fourth-order valence-electron chi connectivity index (χ4n) is 1.60. The van der Waals surface area contributed by atoms with Gasteiger partial charge in [-0.2, -0.15) is 0 Å². The molecule has 0 aliphatic heterocycles. The van der Waals surface area contributed by atoms with Crippen molar-refractivity contribution in [1.29, 1.82) is 0 Å². The molecular formula is C12H13ClN2S. The van der Waals surface area contributed by atoms with E-state index in [0.29, 0.717) is 5.88 Å². The van der Waals surface area contributed by atoms with Crippen molar-refractivity contribution in [2.24, 2.45) is 0 Å². The van der Waals surface area contributed by atoms with Gasteiger partial charge < -0.3 is 5.32 Å². The Hall–Kier alpha value is -1.06. The Balaban J connectivity index is 2.19. The Morgan fingerprint density at radius 1 is 1.25 bits per heavy atom. The predicted octanol–water partition coefficient (Wildman–Crippen LogP) is 4.24. The molecule has 16 heavy (non-hydrogen) atoms. The van der Waals surface area contributed by atoms with Crippen LogP contribution in [0.5, 0.6) is 0 Å². The first-order chi connectivity index (χ1) is 7.67. The molecule has 2 nitrogen and oxygen atoms in total. The minimum absolute atomic E-state index is 0.463. The van der Waals surface area contributed by atoms with Gasteiger partial charge in [0.05, 0.1) is 11.6 Å². The summed E-state index contributed by atoms with van der Waals surface area (Å²) in [5, 5.41) is 6.15. The average Bonchev–Trinajstić information content (AvgIpc) is 2.64. The van der Waals surface area contributed by atoms with Crippen molar-refractivity contribution in [2.45, 2.75) is 19.7 Å². The third-order valence-corrected chi connectivity index (χ3v) is 3.24. The van der Waals surface area contributed by atoms with Crippen molar-refractivity contribution in [1.82, 2.24) is 4.98 Å². The van der Waals surface area contributed by atoms with Gasteiger partial charge in [0.1, 0.15) is 0 Å². The summed E-state index contributed by atoms with van der Waals surface area (Å²) < 4.78 is 0. The van der Waals surface area contributed by atoms with E-state index in [9.17, 15) is 0 Å². The van der Waals surface area contributed by atoms with Gasteiger partial charge in [-0.15, -0.1) is 22.9 Å². The molecule has 0 aliphatic carbocycles. The Morgan fingerprint density at radius 3 is 2.50 bits per heavy atom. The number of halogens is 1. The smallest absolute Gasteiger partial charge is 0.187 e. The van der Waals surface area contributed by atoms with Crippen LogP contribution in [0.25, 0.3) is 0 Å². The summed E-state index contributed by atoms with van der Waals surface area (Å²) >= 11 is 7.28. The lowest BCUT2D eigenvalue weighted by atomic mass is 10.1. The van der Waals surface area contributed by atoms with E-state index in [1.165, 1.54) is 11.1 Å². The van der Waals surface area contributed by atoms with Crippen LogP contribution in [0.1, 0.15) is 16.8 Å². The molecule has 0 atom stereocenters. The number of thiazole rings is 1. The van der Waals surface area contributed by atoms with Gasteiger partial charge in [-0.05, 0) is 37.1 Å². The lowest BCUT2D eigenvalue weighted by Crippen LogP contribution is -1.91. The first kappa shape index (κ1) is 11.4. The van der Waals surface area contributed by atoms with Crippen molar-refractivity contribution in [3.05, 3.63) is 40.4 Å². The molecule has 0 unspecified atom stereocenters. The first-order valence-electron chi connectivity index (χ1n) is 5.03. The third kappa shape index (κ3) is 2.74. The molecule has 0 fully saturated rings. The number of alkyl halides is 1. The van der Waals surface area contributed by atoms with Crippen molar-refractivity contribution < 1.29 is 0 Å². The van der Waals surface area contributed by atoms with E-state index in [-0.39, 0.29) is 0 Å². The molecule has 1 aromatic heterocycles. The number of aryl methyl sites for hydroxylation is 2. The number of aromatic nitrogens is 1. The number of nitrogens with one attached hydrogen (secondary N) is 1. The summed E-state index contributed by atoms with van der Waals surface area (Å²) in [4.78, 5) is 4.36. The number of hydrogen-bond acceptors (Lipinski definition) is 3. The van der Waals surface area contributed by atoms with E-state index in [1.54, 1.807) is 11.3 Å². The zero-order valence-electron chi connectivity index (χ0n) is 9.25. The van der Waals surface area contributed by atoms with E-state index >= 15 is 0 Å². The van der Waals surface area contributed by atoms with E-state index in [0.717, 1.165) is 16.5 Å². The molecule has 2 rings (SSSR count). The quantitative estimate of drug-likeness (QED) is 0.827. The highest BCUT2D eigenvalue weighted by Gasteiger charge is 2.02.